The molecule has 0 radical (unpaired) electrons. The van der Waals surface area contributed by atoms with Crippen LogP contribution < -0.4 is 16.0 Å². The first-order chi connectivity index (χ1) is 10.5. The van der Waals surface area contributed by atoms with Crippen molar-refractivity contribution in [2.75, 3.05) is 44.2 Å². The molecule has 0 aliphatic carbocycles. The molecule has 1 saturated heterocycles. The van der Waals surface area contributed by atoms with Crippen LogP contribution in [0, 0.1) is 0 Å². The van der Waals surface area contributed by atoms with Gasteiger partial charge in [-0.3, -0.25) is 9.69 Å². The van der Waals surface area contributed by atoms with E-state index in [1.807, 2.05) is 25.1 Å². The van der Waals surface area contributed by atoms with Crippen molar-refractivity contribution >= 4 is 60.4 Å². The van der Waals surface area contributed by atoms with Gasteiger partial charge in [0.05, 0.1) is 0 Å². The lowest BCUT2D eigenvalue weighted by atomic mass is 10.2. The predicted molar refractivity (Wildman–Crippen MR) is 113 cm³/mol. The fourth-order valence-corrected chi connectivity index (χ4v) is 2.81. The number of halogens is 4. The number of amides is 1. The molecule has 5 nitrogen and oxygen atoms in total. The maximum absolute atomic E-state index is 11.5. The van der Waals surface area contributed by atoms with Gasteiger partial charge in [0.1, 0.15) is 0 Å². The van der Waals surface area contributed by atoms with Crippen LogP contribution in [0.1, 0.15) is 13.3 Å². The minimum Gasteiger partial charge on any atom is -0.369 e. The third-order valence-corrected chi connectivity index (χ3v) is 4.04. The van der Waals surface area contributed by atoms with Gasteiger partial charge in [-0.2, -0.15) is 0 Å². The Morgan fingerprint density at radius 1 is 1.24 bits per heavy atom. The Kier molecular flexibility index (Phi) is 14.7. The number of nitrogens with zero attached hydrogens (tertiary/aromatic N) is 2. The van der Waals surface area contributed by atoms with Crippen LogP contribution in [0.25, 0.3) is 0 Å². The lowest BCUT2D eigenvalue weighted by Crippen LogP contribution is -2.48. The second-order valence-electron chi connectivity index (χ2n) is 5.84. The number of nitrogens with one attached hydrogen (secondary N) is 1. The second-order valence-corrected chi connectivity index (χ2v) is 6.28. The minimum atomic E-state index is -0.0822. The molecule has 1 unspecified atom stereocenters. The van der Waals surface area contributed by atoms with E-state index in [1.165, 1.54) is 5.69 Å². The Balaban J connectivity index is 0. The third-order valence-electron chi connectivity index (χ3n) is 3.80. The molecular formula is C16H28Cl4N4O. The van der Waals surface area contributed by atoms with Crippen molar-refractivity contribution in [3.05, 3.63) is 29.3 Å². The van der Waals surface area contributed by atoms with Gasteiger partial charge in [-0.25, -0.2) is 0 Å². The lowest BCUT2D eigenvalue weighted by molar-refractivity contribution is -0.121. The van der Waals surface area contributed by atoms with Gasteiger partial charge in [-0.15, -0.1) is 37.2 Å². The Hall–Kier alpha value is -0.430. The first-order valence-electron chi connectivity index (χ1n) is 7.80. The number of nitrogens with two attached hydrogens (primary N) is 1. The predicted octanol–water partition coefficient (Wildman–Crippen LogP) is 2.58. The van der Waals surface area contributed by atoms with E-state index in [-0.39, 0.29) is 49.2 Å². The number of anilines is 1. The zero-order valence-electron chi connectivity index (χ0n) is 14.3. The summed E-state index contributed by atoms with van der Waals surface area (Å²) < 4.78 is 0. The lowest BCUT2D eigenvalue weighted by Gasteiger charge is -2.36. The van der Waals surface area contributed by atoms with Gasteiger partial charge < -0.3 is 16.0 Å². The molecule has 1 aromatic carbocycles. The van der Waals surface area contributed by atoms with Crippen LogP contribution in [0.5, 0.6) is 0 Å². The van der Waals surface area contributed by atoms with Crippen LogP contribution in [0.4, 0.5) is 5.69 Å². The topological polar surface area (TPSA) is 61.6 Å². The van der Waals surface area contributed by atoms with E-state index < -0.39 is 0 Å². The normalized spacial score (nSPS) is 15.2. The van der Waals surface area contributed by atoms with Gasteiger partial charge in [-0.1, -0.05) is 17.7 Å². The first-order valence-corrected chi connectivity index (χ1v) is 8.17. The van der Waals surface area contributed by atoms with Crippen molar-refractivity contribution in [2.24, 2.45) is 5.73 Å². The van der Waals surface area contributed by atoms with Crippen LogP contribution in [0.15, 0.2) is 24.3 Å². The molecule has 1 fully saturated rings. The van der Waals surface area contributed by atoms with Crippen molar-refractivity contribution in [1.82, 2.24) is 10.2 Å². The minimum absolute atomic E-state index is 0. The summed E-state index contributed by atoms with van der Waals surface area (Å²) in [5.41, 5.74) is 6.78. The van der Waals surface area contributed by atoms with Crippen LogP contribution in [-0.2, 0) is 4.79 Å². The highest BCUT2D eigenvalue weighted by Gasteiger charge is 2.17. The van der Waals surface area contributed by atoms with Gasteiger partial charge in [0.2, 0.25) is 5.91 Å². The van der Waals surface area contributed by atoms with Gasteiger partial charge in [0, 0.05) is 62.4 Å². The van der Waals surface area contributed by atoms with Crippen LogP contribution in [-0.4, -0.2) is 56.1 Å². The van der Waals surface area contributed by atoms with Gasteiger partial charge >= 0.3 is 0 Å². The van der Waals surface area contributed by atoms with E-state index in [2.05, 4.69) is 21.2 Å². The smallest absolute Gasteiger partial charge is 0.221 e. The fraction of sp³-hybridized carbons (Fsp3) is 0.562. The summed E-state index contributed by atoms with van der Waals surface area (Å²) in [5.74, 6) is 0.0348. The molecule has 9 heteroatoms. The molecule has 0 saturated carbocycles. The number of benzene rings is 1. The largest absolute Gasteiger partial charge is 0.369 e. The van der Waals surface area contributed by atoms with E-state index in [9.17, 15) is 4.79 Å². The average Bonchev–Trinajstić information content (AvgIpc) is 2.47. The molecule has 146 valence electrons. The summed E-state index contributed by atoms with van der Waals surface area (Å²) in [7, 11) is 0. The van der Waals surface area contributed by atoms with Crippen molar-refractivity contribution in [3.63, 3.8) is 0 Å². The Labute approximate surface area is 173 Å². The highest BCUT2D eigenvalue weighted by atomic mass is 35.5. The number of carbonyl (C=O) groups is 1. The van der Waals surface area contributed by atoms with E-state index in [4.69, 9.17) is 17.3 Å². The zero-order valence-corrected chi connectivity index (χ0v) is 17.5. The molecule has 0 aromatic heterocycles. The molecule has 1 heterocycles. The Morgan fingerprint density at radius 3 is 2.44 bits per heavy atom. The van der Waals surface area contributed by atoms with E-state index in [0.29, 0.717) is 13.0 Å². The summed E-state index contributed by atoms with van der Waals surface area (Å²) in [5, 5.41) is 3.69. The second kappa shape index (κ2) is 13.7. The number of rotatable bonds is 6. The summed E-state index contributed by atoms with van der Waals surface area (Å²) in [4.78, 5) is 16.2. The molecule has 3 N–H and O–H groups in total. The number of hydrogen-bond donors (Lipinski definition) is 2. The highest BCUT2D eigenvalue weighted by Crippen LogP contribution is 2.20. The fourth-order valence-electron chi connectivity index (χ4n) is 2.62. The zero-order chi connectivity index (χ0) is 15.9. The first kappa shape index (κ1) is 26.8. The third kappa shape index (κ3) is 9.73. The maximum atomic E-state index is 11.5. The molecule has 25 heavy (non-hydrogen) atoms. The maximum Gasteiger partial charge on any atom is 0.221 e. The van der Waals surface area contributed by atoms with E-state index in [0.717, 1.165) is 37.7 Å². The molecule has 0 bridgehead atoms. The molecule has 1 atom stereocenters. The standard InChI is InChI=1S/C16H25ClN4O.3ClH/c1-13(18)11-16(22)19-5-6-20-7-9-21(10-8-20)15-4-2-3-14(17)12-15;;;/h2-4,12-13H,5-11,18H2,1H3,(H,19,22);3*1H. The van der Waals surface area contributed by atoms with Crippen molar-refractivity contribution < 1.29 is 4.79 Å². The molecule has 1 aliphatic rings. The Morgan fingerprint density at radius 2 is 1.88 bits per heavy atom. The summed E-state index contributed by atoms with van der Waals surface area (Å²) >= 11 is 6.04. The van der Waals surface area contributed by atoms with E-state index in [1.54, 1.807) is 0 Å². The molecule has 2 rings (SSSR count). The quantitative estimate of drug-likeness (QED) is 0.723. The SMILES string of the molecule is CC(N)CC(=O)NCCN1CCN(c2cccc(Cl)c2)CC1.Cl.Cl.Cl. The number of hydrogen-bond acceptors (Lipinski definition) is 4. The molecule has 1 aliphatic heterocycles. The average molecular weight is 434 g/mol. The molecule has 0 spiro atoms. The molecular weight excluding hydrogens is 406 g/mol. The molecule has 1 aromatic rings. The van der Waals surface area contributed by atoms with Crippen molar-refractivity contribution in [1.29, 1.82) is 0 Å². The van der Waals surface area contributed by atoms with Gasteiger partial charge in [0.15, 0.2) is 0 Å². The Bertz CT molecular complexity index is 497. The molecule has 1 amide bonds. The van der Waals surface area contributed by atoms with Crippen molar-refractivity contribution in [3.8, 4) is 0 Å². The summed E-state index contributed by atoms with van der Waals surface area (Å²) in [6, 6.07) is 7.90. The van der Waals surface area contributed by atoms with Gasteiger partial charge in [0.25, 0.3) is 0 Å². The number of carbonyl (C=O) groups excluding carboxylic acids is 1. The number of piperazine rings is 1. The monoisotopic (exact) mass is 432 g/mol. The van der Waals surface area contributed by atoms with Crippen molar-refractivity contribution in [2.45, 2.75) is 19.4 Å². The van der Waals surface area contributed by atoms with Gasteiger partial charge in [-0.05, 0) is 25.1 Å². The highest BCUT2D eigenvalue weighted by molar-refractivity contribution is 6.30. The van der Waals surface area contributed by atoms with Crippen LogP contribution >= 0.6 is 48.8 Å². The van der Waals surface area contributed by atoms with Crippen LogP contribution in [0.3, 0.4) is 0 Å². The van der Waals surface area contributed by atoms with Crippen LogP contribution in [0.2, 0.25) is 5.02 Å². The summed E-state index contributed by atoms with van der Waals surface area (Å²) in [6.07, 6.45) is 0.391. The van der Waals surface area contributed by atoms with E-state index >= 15 is 0 Å². The summed E-state index contributed by atoms with van der Waals surface area (Å²) in [6.45, 7) is 7.36.